The summed E-state index contributed by atoms with van der Waals surface area (Å²) in [6.45, 7) is 5.65. The molecular formula is C14H18N4O. The third kappa shape index (κ3) is 2.76. The Morgan fingerprint density at radius 2 is 2.05 bits per heavy atom. The van der Waals surface area contributed by atoms with Gasteiger partial charge in [-0.25, -0.2) is 0 Å². The summed E-state index contributed by atoms with van der Waals surface area (Å²) in [6.07, 6.45) is 0. The summed E-state index contributed by atoms with van der Waals surface area (Å²) in [6, 6.07) is 8.76. The van der Waals surface area contributed by atoms with Gasteiger partial charge in [-0.3, -0.25) is 9.48 Å². The van der Waals surface area contributed by atoms with Crippen LogP contribution in [0.15, 0.2) is 30.3 Å². The van der Waals surface area contributed by atoms with E-state index in [1.807, 2.05) is 39.0 Å². The lowest BCUT2D eigenvalue weighted by Crippen LogP contribution is -2.25. The van der Waals surface area contributed by atoms with Crippen LogP contribution in [0.5, 0.6) is 0 Å². The minimum absolute atomic E-state index is 0.135. The van der Waals surface area contributed by atoms with E-state index in [-0.39, 0.29) is 11.9 Å². The second-order valence-electron chi connectivity index (χ2n) is 4.62. The molecule has 0 spiro atoms. The van der Waals surface area contributed by atoms with E-state index in [1.54, 1.807) is 16.8 Å². The first-order valence-electron chi connectivity index (χ1n) is 6.17. The molecule has 0 saturated heterocycles. The van der Waals surface area contributed by atoms with Gasteiger partial charge in [0, 0.05) is 5.69 Å². The molecule has 3 N–H and O–H groups in total. The number of carbonyl (C=O) groups is 1. The van der Waals surface area contributed by atoms with Gasteiger partial charge in [0.15, 0.2) is 0 Å². The Balaban J connectivity index is 2.17. The lowest BCUT2D eigenvalue weighted by molar-refractivity contribution is -0.119. The van der Waals surface area contributed by atoms with E-state index in [2.05, 4.69) is 10.4 Å². The highest BCUT2D eigenvalue weighted by molar-refractivity contribution is 5.96. The Morgan fingerprint density at radius 3 is 2.63 bits per heavy atom. The van der Waals surface area contributed by atoms with Crippen LogP contribution in [0.1, 0.15) is 24.4 Å². The number of benzene rings is 1. The van der Waals surface area contributed by atoms with E-state index in [4.69, 9.17) is 5.73 Å². The summed E-state index contributed by atoms with van der Waals surface area (Å²) in [5.41, 5.74) is 8.84. The topological polar surface area (TPSA) is 72.9 Å². The number of nitrogens with zero attached hydrogens (tertiary/aromatic N) is 2. The number of nitrogens with one attached hydrogen (secondary N) is 1. The van der Waals surface area contributed by atoms with Crippen LogP contribution in [0.2, 0.25) is 0 Å². The van der Waals surface area contributed by atoms with Crippen LogP contribution >= 0.6 is 0 Å². The standard InChI is InChI=1S/C14H18N4O/c1-9-8-10(2)18(17-9)11(3)14(19)16-13-7-5-4-6-12(13)15/h4-8,11H,15H2,1-3H3,(H,16,19). The zero-order chi connectivity index (χ0) is 14.0. The van der Waals surface area contributed by atoms with Gasteiger partial charge >= 0.3 is 0 Å². The number of hydrogen-bond donors (Lipinski definition) is 2. The molecule has 2 aromatic rings. The van der Waals surface area contributed by atoms with Gasteiger partial charge in [0.05, 0.1) is 17.1 Å². The number of carbonyl (C=O) groups excluding carboxylic acids is 1. The van der Waals surface area contributed by atoms with Crippen LogP contribution in [0, 0.1) is 13.8 Å². The summed E-state index contributed by atoms with van der Waals surface area (Å²) in [5.74, 6) is -0.135. The maximum absolute atomic E-state index is 12.2. The summed E-state index contributed by atoms with van der Waals surface area (Å²) in [7, 11) is 0. The number of nitrogens with two attached hydrogens (primary N) is 1. The van der Waals surface area contributed by atoms with Crippen LogP contribution in [0.4, 0.5) is 11.4 Å². The largest absolute Gasteiger partial charge is 0.397 e. The number of amides is 1. The van der Waals surface area contributed by atoms with Gasteiger partial charge in [0.2, 0.25) is 5.91 Å². The predicted octanol–water partition coefficient (Wildman–Crippen LogP) is 2.28. The average molecular weight is 258 g/mol. The van der Waals surface area contributed by atoms with Crippen LogP contribution < -0.4 is 11.1 Å². The molecule has 19 heavy (non-hydrogen) atoms. The Kier molecular flexibility index (Phi) is 3.55. The van der Waals surface area contributed by atoms with Crippen molar-refractivity contribution in [2.45, 2.75) is 26.8 Å². The molecule has 5 heteroatoms. The number of aromatic nitrogens is 2. The Morgan fingerprint density at radius 1 is 1.37 bits per heavy atom. The first kappa shape index (κ1) is 13.1. The SMILES string of the molecule is Cc1cc(C)n(C(C)C(=O)Nc2ccccc2N)n1. The Bertz CT molecular complexity index is 603. The summed E-state index contributed by atoms with van der Waals surface area (Å²) in [5, 5.41) is 7.14. The zero-order valence-electron chi connectivity index (χ0n) is 11.3. The maximum Gasteiger partial charge on any atom is 0.249 e. The van der Waals surface area contributed by atoms with Crippen LogP contribution in [0.3, 0.4) is 0 Å². The second kappa shape index (κ2) is 5.14. The molecule has 5 nitrogen and oxygen atoms in total. The molecule has 0 bridgehead atoms. The van der Waals surface area contributed by atoms with Crippen molar-refractivity contribution < 1.29 is 4.79 Å². The first-order valence-corrected chi connectivity index (χ1v) is 6.17. The van der Waals surface area contributed by atoms with Gasteiger partial charge < -0.3 is 11.1 Å². The molecule has 0 saturated carbocycles. The molecule has 1 aromatic heterocycles. The van der Waals surface area contributed by atoms with Crippen molar-refractivity contribution in [1.29, 1.82) is 0 Å². The van der Waals surface area contributed by atoms with E-state index in [0.29, 0.717) is 11.4 Å². The predicted molar refractivity (Wildman–Crippen MR) is 75.9 cm³/mol. The van der Waals surface area contributed by atoms with Gasteiger partial charge in [-0.1, -0.05) is 12.1 Å². The number of aryl methyl sites for hydroxylation is 2. The highest BCUT2D eigenvalue weighted by Crippen LogP contribution is 2.19. The number of para-hydroxylation sites is 2. The Hall–Kier alpha value is -2.30. The van der Waals surface area contributed by atoms with Crippen molar-refractivity contribution in [3.63, 3.8) is 0 Å². The fraction of sp³-hybridized carbons (Fsp3) is 0.286. The maximum atomic E-state index is 12.2. The fourth-order valence-corrected chi connectivity index (χ4v) is 2.00. The molecule has 0 aliphatic heterocycles. The minimum Gasteiger partial charge on any atom is -0.397 e. The van der Waals surface area contributed by atoms with Gasteiger partial charge in [0.1, 0.15) is 6.04 Å². The van der Waals surface area contributed by atoms with Crippen molar-refractivity contribution in [2.24, 2.45) is 0 Å². The lowest BCUT2D eigenvalue weighted by atomic mass is 10.2. The quantitative estimate of drug-likeness (QED) is 0.829. The summed E-state index contributed by atoms with van der Waals surface area (Å²) in [4.78, 5) is 12.2. The van der Waals surface area contributed by atoms with Gasteiger partial charge in [-0.15, -0.1) is 0 Å². The van der Waals surface area contributed by atoms with Crippen LogP contribution in [0.25, 0.3) is 0 Å². The highest BCUT2D eigenvalue weighted by Gasteiger charge is 2.18. The number of rotatable bonds is 3. The third-order valence-electron chi connectivity index (χ3n) is 3.01. The van der Waals surface area contributed by atoms with Crippen molar-refractivity contribution in [3.05, 3.63) is 41.7 Å². The molecule has 0 aliphatic carbocycles. The molecule has 1 amide bonds. The van der Waals surface area contributed by atoms with E-state index in [0.717, 1.165) is 11.4 Å². The number of hydrogen-bond acceptors (Lipinski definition) is 3. The normalized spacial score (nSPS) is 12.2. The summed E-state index contributed by atoms with van der Waals surface area (Å²) < 4.78 is 1.71. The summed E-state index contributed by atoms with van der Waals surface area (Å²) >= 11 is 0. The molecule has 1 aromatic carbocycles. The van der Waals surface area contributed by atoms with Crippen molar-refractivity contribution >= 4 is 17.3 Å². The molecule has 0 fully saturated rings. The molecule has 2 rings (SSSR count). The van der Waals surface area contributed by atoms with Gasteiger partial charge in [-0.05, 0) is 39.0 Å². The molecule has 1 heterocycles. The molecule has 100 valence electrons. The van der Waals surface area contributed by atoms with Gasteiger partial charge in [0.25, 0.3) is 0 Å². The van der Waals surface area contributed by atoms with Gasteiger partial charge in [-0.2, -0.15) is 5.10 Å². The van der Waals surface area contributed by atoms with Crippen LogP contribution in [-0.4, -0.2) is 15.7 Å². The fourth-order valence-electron chi connectivity index (χ4n) is 2.00. The number of anilines is 2. The molecule has 1 unspecified atom stereocenters. The highest BCUT2D eigenvalue weighted by atomic mass is 16.2. The molecule has 0 radical (unpaired) electrons. The number of nitrogen functional groups attached to an aromatic ring is 1. The smallest absolute Gasteiger partial charge is 0.249 e. The van der Waals surface area contributed by atoms with E-state index in [9.17, 15) is 4.79 Å². The monoisotopic (exact) mass is 258 g/mol. The van der Waals surface area contributed by atoms with Crippen molar-refractivity contribution in [1.82, 2.24) is 9.78 Å². The van der Waals surface area contributed by atoms with E-state index in [1.165, 1.54) is 0 Å². The molecule has 1 atom stereocenters. The molecule has 0 aliphatic rings. The van der Waals surface area contributed by atoms with Crippen molar-refractivity contribution in [2.75, 3.05) is 11.1 Å². The Labute approximate surface area is 112 Å². The third-order valence-corrected chi connectivity index (χ3v) is 3.01. The lowest BCUT2D eigenvalue weighted by Gasteiger charge is -2.15. The minimum atomic E-state index is -0.381. The average Bonchev–Trinajstić information content (AvgIpc) is 2.70. The van der Waals surface area contributed by atoms with Crippen molar-refractivity contribution in [3.8, 4) is 0 Å². The second-order valence-corrected chi connectivity index (χ2v) is 4.62. The van der Waals surface area contributed by atoms with E-state index >= 15 is 0 Å². The van der Waals surface area contributed by atoms with Crippen LogP contribution in [-0.2, 0) is 4.79 Å². The van der Waals surface area contributed by atoms with E-state index < -0.39 is 0 Å². The zero-order valence-corrected chi connectivity index (χ0v) is 11.3. The first-order chi connectivity index (χ1) is 8.99. The molecular weight excluding hydrogens is 240 g/mol.